The van der Waals surface area contributed by atoms with E-state index in [9.17, 15) is 13.6 Å². The summed E-state index contributed by atoms with van der Waals surface area (Å²) in [6.45, 7) is 0.173. The van der Waals surface area contributed by atoms with Crippen LogP contribution in [-0.2, 0) is 6.54 Å². The predicted octanol–water partition coefficient (Wildman–Crippen LogP) is 4.12. The van der Waals surface area contributed by atoms with Gasteiger partial charge in [0.05, 0.1) is 7.11 Å². The van der Waals surface area contributed by atoms with Crippen LogP contribution < -0.4 is 26.8 Å². The number of benzene rings is 3. The van der Waals surface area contributed by atoms with E-state index in [0.29, 0.717) is 33.8 Å². The highest BCUT2D eigenvalue weighted by Crippen LogP contribution is 2.20. The van der Waals surface area contributed by atoms with Crippen molar-refractivity contribution in [3.05, 3.63) is 113 Å². The number of amides is 1. The van der Waals surface area contributed by atoms with Crippen molar-refractivity contribution in [3.63, 3.8) is 0 Å². The Balaban J connectivity index is 1.64. The van der Waals surface area contributed by atoms with Gasteiger partial charge in [-0.3, -0.25) is 4.79 Å². The number of carbonyl (C=O) groups excluding carboxylic acids is 1. The maximum absolute atomic E-state index is 13.3. The van der Waals surface area contributed by atoms with Gasteiger partial charge in [0.25, 0.3) is 5.91 Å². The van der Waals surface area contributed by atoms with E-state index in [2.05, 4.69) is 10.6 Å². The van der Waals surface area contributed by atoms with Gasteiger partial charge in [0, 0.05) is 40.7 Å². The van der Waals surface area contributed by atoms with Crippen molar-refractivity contribution in [1.29, 1.82) is 0 Å². The normalized spacial score (nSPS) is 11.7. The first kappa shape index (κ1) is 23.3. The quantitative estimate of drug-likeness (QED) is 0.387. The molecule has 0 unspecified atom stereocenters. The summed E-state index contributed by atoms with van der Waals surface area (Å²) in [6, 6.07) is 16.8. The Bertz CT molecular complexity index is 1210. The zero-order valence-corrected chi connectivity index (χ0v) is 17.9. The summed E-state index contributed by atoms with van der Waals surface area (Å²) in [5.41, 5.74) is 14.5. The molecular formula is C25H24F2N4O2. The monoisotopic (exact) mass is 450 g/mol. The van der Waals surface area contributed by atoms with Crippen LogP contribution >= 0.6 is 0 Å². The van der Waals surface area contributed by atoms with Gasteiger partial charge in [0.15, 0.2) is 0 Å². The Morgan fingerprint density at radius 3 is 2.42 bits per heavy atom. The Kier molecular flexibility index (Phi) is 7.64. The average Bonchev–Trinajstić information content (AvgIpc) is 2.81. The van der Waals surface area contributed by atoms with Crippen LogP contribution in [0.5, 0.6) is 5.75 Å². The number of carbonyl (C=O) groups is 1. The first-order valence-corrected chi connectivity index (χ1v) is 10.0. The van der Waals surface area contributed by atoms with Gasteiger partial charge < -0.3 is 26.8 Å². The number of hydrogen-bond acceptors (Lipinski definition) is 5. The fraction of sp³-hybridized carbons (Fsp3) is 0.0800. The Labute approximate surface area is 190 Å². The van der Waals surface area contributed by atoms with Gasteiger partial charge in [-0.15, -0.1) is 0 Å². The number of nitrogens with two attached hydrogens (primary N) is 2. The van der Waals surface area contributed by atoms with Gasteiger partial charge in [-0.2, -0.15) is 0 Å². The van der Waals surface area contributed by atoms with Crippen molar-refractivity contribution in [3.8, 4) is 5.75 Å². The van der Waals surface area contributed by atoms with Gasteiger partial charge >= 0.3 is 0 Å². The smallest absolute Gasteiger partial charge is 0.251 e. The second-order valence-electron chi connectivity index (χ2n) is 7.10. The molecule has 3 aromatic rings. The van der Waals surface area contributed by atoms with Crippen molar-refractivity contribution < 1.29 is 18.3 Å². The fourth-order valence-electron chi connectivity index (χ4n) is 3.03. The van der Waals surface area contributed by atoms with Crippen molar-refractivity contribution in [2.75, 3.05) is 12.4 Å². The maximum atomic E-state index is 13.3. The molecule has 0 aliphatic rings. The zero-order chi connectivity index (χ0) is 23.8. The molecule has 0 saturated carbocycles. The highest BCUT2D eigenvalue weighted by Gasteiger charge is 2.09. The first-order valence-electron chi connectivity index (χ1n) is 10.0. The SMILES string of the molecule is COc1cc(F)ccc1CNC(=O)c1cccc(N/C(N)=C/C=C(\N)c2cccc(F)c2)c1. The second-order valence-corrected chi connectivity index (χ2v) is 7.10. The molecule has 3 rings (SSSR count). The minimum atomic E-state index is -0.418. The minimum absolute atomic E-state index is 0.173. The topological polar surface area (TPSA) is 102 Å². The van der Waals surface area contributed by atoms with Gasteiger partial charge in [-0.1, -0.05) is 24.3 Å². The van der Waals surface area contributed by atoms with E-state index >= 15 is 0 Å². The lowest BCUT2D eigenvalue weighted by Crippen LogP contribution is -2.23. The molecule has 6 N–H and O–H groups in total. The molecule has 33 heavy (non-hydrogen) atoms. The van der Waals surface area contributed by atoms with Gasteiger partial charge in [0.2, 0.25) is 0 Å². The number of halogens is 2. The number of rotatable bonds is 8. The highest BCUT2D eigenvalue weighted by molar-refractivity contribution is 5.95. The molecule has 0 saturated heterocycles. The van der Waals surface area contributed by atoms with Crippen molar-refractivity contribution >= 4 is 17.3 Å². The number of hydrogen-bond donors (Lipinski definition) is 4. The Morgan fingerprint density at radius 1 is 0.939 bits per heavy atom. The van der Waals surface area contributed by atoms with Crippen LogP contribution in [0.3, 0.4) is 0 Å². The van der Waals surface area contributed by atoms with Gasteiger partial charge in [-0.25, -0.2) is 8.78 Å². The molecule has 0 radical (unpaired) electrons. The van der Waals surface area contributed by atoms with E-state index in [-0.39, 0.29) is 24.1 Å². The van der Waals surface area contributed by atoms with Crippen molar-refractivity contribution in [2.24, 2.45) is 11.5 Å². The molecule has 0 atom stereocenters. The van der Waals surface area contributed by atoms with E-state index in [1.807, 2.05) is 0 Å². The summed E-state index contributed by atoms with van der Waals surface area (Å²) in [5, 5.41) is 5.76. The summed E-state index contributed by atoms with van der Waals surface area (Å²) in [6.07, 6.45) is 3.11. The lowest BCUT2D eigenvalue weighted by Gasteiger charge is -2.11. The zero-order valence-electron chi connectivity index (χ0n) is 17.9. The van der Waals surface area contributed by atoms with E-state index in [4.69, 9.17) is 16.2 Å². The molecule has 0 heterocycles. The van der Waals surface area contributed by atoms with Crippen LogP contribution in [0.4, 0.5) is 14.5 Å². The van der Waals surface area contributed by atoms with E-state index < -0.39 is 5.82 Å². The molecule has 0 aliphatic carbocycles. The summed E-state index contributed by atoms with van der Waals surface area (Å²) >= 11 is 0. The summed E-state index contributed by atoms with van der Waals surface area (Å²) < 4.78 is 31.8. The molecule has 3 aromatic carbocycles. The molecule has 1 amide bonds. The molecular weight excluding hydrogens is 426 g/mol. The molecule has 0 bridgehead atoms. The molecule has 170 valence electrons. The molecule has 6 nitrogen and oxygen atoms in total. The van der Waals surface area contributed by atoms with Crippen molar-refractivity contribution in [1.82, 2.24) is 5.32 Å². The predicted molar refractivity (Wildman–Crippen MR) is 125 cm³/mol. The Hall–Kier alpha value is -4.33. The van der Waals surface area contributed by atoms with Crippen molar-refractivity contribution in [2.45, 2.75) is 6.54 Å². The molecule has 0 aliphatic heterocycles. The van der Waals surface area contributed by atoms with Crippen LogP contribution in [0, 0.1) is 11.6 Å². The molecule has 0 spiro atoms. The molecule has 8 heteroatoms. The third kappa shape index (κ3) is 6.57. The third-order valence-corrected chi connectivity index (χ3v) is 4.70. The lowest BCUT2D eigenvalue weighted by molar-refractivity contribution is 0.0950. The number of nitrogens with one attached hydrogen (secondary N) is 2. The standard InChI is InChI=1S/C25H24F2N4O2/c1-33-23-14-20(27)9-8-18(23)15-30-25(32)17-5-3-7-21(13-17)31-24(29)11-10-22(28)16-4-2-6-19(26)12-16/h2-14,31H,15,28-29H2,1H3,(H,30,32)/b22-10-,24-11+. The number of methoxy groups -OCH3 is 1. The average molecular weight is 450 g/mol. The van der Waals surface area contributed by atoms with E-state index in [1.54, 1.807) is 54.6 Å². The van der Waals surface area contributed by atoms with Crippen LogP contribution in [0.15, 0.2) is 84.7 Å². The second kappa shape index (κ2) is 10.8. The van der Waals surface area contributed by atoms with Crippen LogP contribution in [-0.4, -0.2) is 13.0 Å². The largest absolute Gasteiger partial charge is 0.496 e. The number of allylic oxidation sites excluding steroid dienone is 2. The molecule has 0 aromatic heterocycles. The van der Waals surface area contributed by atoms with Crippen LogP contribution in [0.1, 0.15) is 21.5 Å². The number of ether oxygens (including phenoxy) is 1. The highest BCUT2D eigenvalue weighted by atomic mass is 19.1. The fourth-order valence-corrected chi connectivity index (χ4v) is 3.03. The number of anilines is 1. The summed E-state index contributed by atoms with van der Waals surface area (Å²) in [4.78, 5) is 12.6. The Morgan fingerprint density at radius 2 is 1.67 bits per heavy atom. The maximum Gasteiger partial charge on any atom is 0.251 e. The minimum Gasteiger partial charge on any atom is -0.496 e. The summed E-state index contributed by atoms with van der Waals surface area (Å²) in [5.74, 6) is -0.481. The third-order valence-electron chi connectivity index (χ3n) is 4.70. The van der Waals surface area contributed by atoms with Gasteiger partial charge in [0.1, 0.15) is 23.2 Å². The van der Waals surface area contributed by atoms with Crippen LogP contribution in [0.2, 0.25) is 0 Å². The first-order chi connectivity index (χ1) is 15.9. The molecule has 0 fully saturated rings. The lowest BCUT2D eigenvalue weighted by atomic mass is 10.1. The van der Waals surface area contributed by atoms with Crippen LogP contribution in [0.25, 0.3) is 5.70 Å². The van der Waals surface area contributed by atoms with E-state index in [0.717, 1.165) is 0 Å². The van der Waals surface area contributed by atoms with E-state index in [1.165, 1.54) is 31.4 Å². The van der Waals surface area contributed by atoms with Gasteiger partial charge in [-0.05, 0) is 48.6 Å². The summed E-state index contributed by atoms with van der Waals surface area (Å²) in [7, 11) is 1.44.